The van der Waals surface area contributed by atoms with E-state index in [9.17, 15) is 0 Å². The van der Waals surface area contributed by atoms with Gasteiger partial charge in [-0.3, -0.25) is 0 Å². The summed E-state index contributed by atoms with van der Waals surface area (Å²) in [7, 11) is 3.59. The number of methoxy groups -OCH3 is 1. The van der Waals surface area contributed by atoms with E-state index in [1.54, 1.807) is 7.11 Å². The predicted molar refractivity (Wildman–Crippen MR) is 74.0 cm³/mol. The fraction of sp³-hybridized carbons (Fsp3) is 0.467. The van der Waals surface area contributed by atoms with Crippen molar-refractivity contribution in [2.75, 3.05) is 20.8 Å². The number of hydrogen-bond acceptors (Lipinski definition) is 3. The second-order valence-corrected chi connectivity index (χ2v) is 3.95. The molecule has 3 nitrogen and oxygen atoms in total. The van der Waals surface area contributed by atoms with Crippen LogP contribution in [0.1, 0.15) is 31.9 Å². The topological polar surface area (TPSA) is 30.5 Å². The van der Waals surface area contributed by atoms with E-state index in [1.165, 1.54) is 5.56 Å². The van der Waals surface area contributed by atoms with Crippen molar-refractivity contribution < 1.29 is 9.47 Å². The van der Waals surface area contributed by atoms with Crippen LogP contribution in [0, 0.1) is 11.8 Å². The van der Waals surface area contributed by atoms with E-state index < -0.39 is 0 Å². The Kier molecular flexibility index (Phi) is 6.10. The van der Waals surface area contributed by atoms with E-state index in [0.717, 1.165) is 17.9 Å². The molecule has 0 saturated heterocycles. The average Bonchev–Trinajstić information content (AvgIpc) is 2.42. The van der Waals surface area contributed by atoms with Gasteiger partial charge in [-0.05, 0) is 38.6 Å². The van der Waals surface area contributed by atoms with Crippen molar-refractivity contribution in [2.45, 2.75) is 26.3 Å². The fourth-order valence-electron chi connectivity index (χ4n) is 1.58. The van der Waals surface area contributed by atoms with Crippen LogP contribution >= 0.6 is 0 Å². The van der Waals surface area contributed by atoms with Gasteiger partial charge in [-0.25, -0.2) is 0 Å². The molecule has 98 valence electrons. The van der Waals surface area contributed by atoms with Crippen LogP contribution in [-0.2, 0) is 0 Å². The molecule has 1 unspecified atom stereocenters. The maximum atomic E-state index is 5.65. The molecule has 1 aromatic carbocycles. The Labute approximate surface area is 109 Å². The summed E-state index contributed by atoms with van der Waals surface area (Å²) in [6.45, 7) is 4.51. The van der Waals surface area contributed by atoms with Crippen LogP contribution in [0.15, 0.2) is 18.2 Å². The van der Waals surface area contributed by atoms with E-state index in [2.05, 4.69) is 24.1 Å². The Morgan fingerprint density at radius 3 is 2.72 bits per heavy atom. The molecule has 1 atom stereocenters. The largest absolute Gasteiger partial charge is 0.493 e. The van der Waals surface area contributed by atoms with Crippen molar-refractivity contribution in [1.82, 2.24) is 5.32 Å². The van der Waals surface area contributed by atoms with Gasteiger partial charge in [0.1, 0.15) is 0 Å². The molecule has 1 rings (SSSR count). The first-order valence-corrected chi connectivity index (χ1v) is 6.10. The lowest BCUT2D eigenvalue weighted by Gasteiger charge is -2.15. The van der Waals surface area contributed by atoms with Crippen molar-refractivity contribution in [3.63, 3.8) is 0 Å². The van der Waals surface area contributed by atoms with Crippen LogP contribution in [0.3, 0.4) is 0 Å². The zero-order valence-electron chi connectivity index (χ0n) is 11.5. The maximum Gasteiger partial charge on any atom is 0.161 e. The molecule has 0 spiro atoms. The molecule has 0 aliphatic heterocycles. The second kappa shape index (κ2) is 7.62. The van der Waals surface area contributed by atoms with Gasteiger partial charge in [-0.1, -0.05) is 6.07 Å². The first-order valence-electron chi connectivity index (χ1n) is 6.10. The Morgan fingerprint density at radius 2 is 2.11 bits per heavy atom. The zero-order chi connectivity index (χ0) is 13.4. The van der Waals surface area contributed by atoms with Crippen LogP contribution < -0.4 is 14.8 Å². The predicted octanol–water partition coefficient (Wildman–Crippen LogP) is 2.77. The molecule has 0 radical (unpaired) electrons. The average molecular weight is 247 g/mol. The number of ether oxygens (including phenoxy) is 2. The standard InChI is InChI=1S/C15H21NO2/c1-5-6-7-10-18-14-9-8-13(12(2)16-3)11-15(14)17-4/h8-9,11-12,16H,7,10H2,1-4H3. The third kappa shape index (κ3) is 3.97. The molecule has 1 aromatic rings. The monoisotopic (exact) mass is 247 g/mol. The van der Waals surface area contributed by atoms with Crippen LogP contribution in [0.25, 0.3) is 0 Å². The van der Waals surface area contributed by atoms with Gasteiger partial charge < -0.3 is 14.8 Å². The number of hydrogen-bond donors (Lipinski definition) is 1. The molecule has 1 N–H and O–H groups in total. The maximum absolute atomic E-state index is 5.65. The highest BCUT2D eigenvalue weighted by Crippen LogP contribution is 2.30. The van der Waals surface area contributed by atoms with Gasteiger partial charge >= 0.3 is 0 Å². The molecule has 0 aliphatic rings. The molecule has 0 saturated carbocycles. The quantitative estimate of drug-likeness (QED) is 0.619. The minimum Gasteiger partial charge on any atom is -0.493 e. The van der Waals surface area contributed by atoms with Gasteiger partial charge in [0.2, 0.25) is 0 Å². The van der Waals surface area contributed by atoms with Gasteiger partial charge in [-0.2, -0.15) is 0 Å². The van der Waals surface area contributed by atoms with Gasteiger partial charge in [0.05, 0.1) is 13.7 Å². The summed E-state index contributed by atoms with van der Waals surface area (Å²) >= 11 is 0. The molecule has 0 bridgehead atoms. The minimum atomic E-state index is 0.291. The Balaban J connectivity index is 2.75. The normalized spacial score (nSPS) is 11.3. The molecule has 0 aromatic heterocycles. The number of benzene rings is 1. The van der Waals surface area contributed by atoms with Gasteiger partial charge in [-0.15, -0.1) is 11.8 Å². The molecular formula is C15H21NO2. The van der Waals surface area contributed by atoms with Crippen molar-refractivity contribution in [3.8, 4) is 23.3 Å². The molecule has 0 fully saturated rings. The summed E-state index contributed by atoms with van der Waals surface area (Å²) in [5.41, 5.74) is 1.18. The van der Waals surface area contributed by atoms with Gasteiger partial charge in [0.15, 0.2) is 11.5 Å². The van der Waals surface area contributed by atoms with E-state index in [4.69, 9.17) is 9.47 Å². The van der Waals surface area contributed by atoms with Crippen molar-refractivity contribution >= 4 is 0 Å². The molecule has 18 heavy (non-hydrogen) atoms. The first kappa shape index (κ1) is 14.4. The van der Waals surface area contributed by atoms with Crippen LogP contribution in [0.5, 0.6) is 11.5 Å². The van der Waals surface area contributed by atoms with Crippen molar-refractivity contribution in [2.24, 2.45) is 0 Å². The molecule has 3 heteroatoms. The summed E-state index contributed by atoms with van der Waals surface area (Å²) in [5.74, 6) is 7.34. The summed E-state index contributed by atoms with van der Waals surface area (Å²) in [5, 5.41) is 3.20. The van der Waals surface area contributed by atoms with E-state index in [-0.39, 0.29) is 0 Å². The highest BCUT2D eigenvalue weighted by atomic mass is 16.5. The third-order valence-electron chi connectivity index (χ3n) is 2.78. The van der Waals surface area contributed by atoms with E-state index in [0.29, 0.717) is 12.6 Å². The van der Waals surface area contributed by atoms with Crippen LogP contribution in [-0.4, -0.2) is 20.8 Å². The summed E-state index contributed by atoms with van der Waals surface area (Å²) in [4.78, 5) is 0. The number of nitrogens with one attached hydrogen (secondary N) is 1. The Bertz CT molecular complexity index is 432. The summed E-state index contributed by atoms with van der Waals surface area (Å²) in [6, 6.07) is 6.28. The van der Waals surface area contributed by atoms with E-state index in [1.807, 2.05) is 32.2 Å². The molecule has 0 amide bonds. The Hall–Kier alpha value is -1.66. The van der Waals surface area contributed by atoms with Crippen molar-refractivity contribution in [3.05, 3.63) is 23.8 Å². The number of rotatable bonds is 6. The van der Waals surface area contributed by atoms with Crippen LogP contribution in [0.2, 0.25) is 0 Å². The lowest BCUT2D eigenvalue weighted by molar-refractivity contribution is 0.301. The molecular weight excluding hydrogens is 226 g/mol. The third-order valence-corrected chi connectivity index (χ3v) is 2.78. The second-order valence-electron chi connectivity index (χ2n) is 3.95. The lowest BCUT2D eigenvalue weighted by Crippen LogP contribution is -2.12. The van der Waals surface area contributed by atoms with Gasteiger partial charge in [0, 0.05) is 12.5 Å². The van der Waals surface area contributed by atoms with Crippen molar-refractivity contribution in [1.29, 1.82) is 0 Å². The van der Waals surface area contributed by atoms with E-state index >= 15 is 0 Å². The summed E-state index contributed by atoms with van der Waals surface area (Å²) < 4.78 is 11.0. The smallest absolute Gasteiger partial charge is 0.161 e. The Morgan fingerprint density at radius 1 is 1.33 bits per heavy atom. The zero-order valence-corrected chi connectivity index (χ0v) is 11.5. The summed E-state index contributed by atoms with van der Waals surface area (Å²) in [6.07, 6.45) is 0.730. The lowest BCUT2D eigenvalue weighted by atomic mass is 10.1. The first-order chi connectivity index (χ1) is 8.72. The molecule has 0 heterocycles. The highest BCUT2D eigenvalue weighted by Gasteiger charge is 2.08. The highest BCUT2D eigenvalue weighted by molar-refractivity contribution is 5.43. The van der Waals surface area contributed by atoms with Gasteiger partial charge in [0.25, 0.3) is 0 Å². The molecule has 0 aliphatic carbocycles. The van der Waals surface area contributed by atoms with Crippen LogP contribution in [0.4, 0.5) is 0 Å². The minimum absolute atomic E-state index is 0.291. The SMILES string of the molecule is CC#CCCOc1ccc(C(C)NC)cc1OC. The fourth-order valence-corrected chi connectivity index (χ4v) is 1.58.